The standard InChI is InChI=1S/C17H19N5OS/c1-17(2,3)22-9-18-12-8-11(6-7-13(12)22)14(23)19-16-21-20-15(24-16)10-4-5-10/h6-10H,4-5H2,1-3H3,(H,19,21,23). The molecule has 0 saturated heterocycles. The third kappa shape index (κ3) is 2.80. The van der Waals surface area contributed by atoms with E-state index in [0.29, 0.717) is 16.6 Å². The van der Waals surface area contributed by atoms with Crippen LogP contribution in [0.3, 0.4) is 0 Å². The number of amides is 1. The summed E-state index contributed by atoms with van der Waals surface area (Å²) in [5, 5.41) is 12.6. The lowest BCUT2D eigenvalue weighted by molar-refractivity contribution is 0.102. The van der Waals surface area contributed by atoms with Crippen molar-refractivity contribution in [2.24, 2.45) is 0 Å². The fraction of sp³-hybridized carbons (Fsp3) is 0.412. The Morgan fingerprint density at radius 2 is 2.08 bits per heavy atom. The normalized spacial score (nSPS) is 15.0. The number of imidazole rings is 1. The number of hydrogen-bond donors (Lipinski definition) is 1. The lowest BCUT2D eigenvalue weighted by atomic mass is 10.1. The van der Waals surface area contributed by atoms with Crippen molar-refractivity contribution in [1.29, 1.82) is 0 Å². The molecule has 2 heterocycles. The number of rotatable bonds is 3. The molecular formula is C17H19N5OS. The van der Waals surface area contributed by atoms with Crippen molar-refractivity contribution >= 4 is 33.4 Å². The molecule has 0 aliphatic heterocycles. The van der Waals surface area contributed by atoms with Crippen LogP contribution >= 0.6 is 11.3 Å². The maximum atomic E-state index is 12.4. The Bertz CT molecular complexity index is 917. The van der Waals surface area contributed by atoms with Crippen molar-refractivity contribution < 1.29 is 4.79 Å². The number of nitrogens with zero attached hydrogens (tertiary/aromatic N) is 4. The summed E-state index contributed by atoms with van der Waals surface area (Å²) >= 11 is 1.46. The summed E-state index contributed by atoms with van der Waals surface area (Å²) in [6.07, 6.45) is 4.17. The number of aromatic nitrogens is 4. The van der Waals surface area contributed by atoms with Crippen molar-refractivity contribution in [3.05, 3.63) is 35.1 Å². The monoisotopic (exact) mass is 341 g/mol. The SMILES string of the molecule is CC(C)(C)n1cnc2cc(C(=O)Nc3nnc(C4CC4)s3)ccc21. The molecule has 0 bridgehead atoms. The summed E-state index contributed by atoms with van der Waals surface area (Å²) < 4.78 is 2.11. The fourth-order valence-corrected chi connectivity index (χ4v) is 3.55. The molecule has 124 valence electrons. The number of carbonyl (C=O) groups excluding carboxylic acids is 1. The van der Waals surface area contributed by atoms with Gasteiger partial charge < -0.3 is 4.57 Å². The second-order valence-corrected chi connectivity index (χ2v) is 8.17. The topological polar surface area (TPSA) is 72.7 Å². The van der Waals surface area contributed by atoms with Crippen LogP contribution in [0.5, 0.6) is 0 Å². The van der Waals surface area contributed by atoms with Gasteiger partial charge in [-0.1, -0.05) is 11.3 Å². The van der Waals surface area contributed by atoms with Crippen LogP contribution in [-0.2, 0) is 5.54 Å². The molecule has 1 N–H and O–H groups in total. The molecule has 1 aliphatic rings. The molecule has 7 heteroatoms. The van der Waals surface area contributed by atoms with Crippen LogP contribution < -0.4 is 5.32 Å². The second kappa shape index (κ2) is 5.37. The van der Waals surface area contributed by atoms with Crippen LogP contribution in [0.2, 0.25) is 0 Å². The van der Waals surface area contributed by atoms with Crippen LogP contribution in [0.4, 0.5) is 5.13 Å². The van der Waals surface area contributed by atoms with Crippen LogP contribution in [0.15, 0.2) is 24.5 Å². The van der Waals surface area contributed by atoms with Crippen molar-refractivity contribution in [2.75, 3.05) is 5.32 Å². The van der Waals surface area contributed by atoms with E-state index in [1.165, 1.54) is 24.2 Å². The average molecular weight is 341 g/mol. The van der Waals surface area contributed by atoms with Gasteiger partial charge in [-0.2, -0.15) is 0 Å². The van der Waals surface area contributed by atoms with Crippen LogP contribution in [0.25, 0.3) is 11.0 Å². The molecule has 1 aliphatic carbocycles. The summed E-state index contributed by atoms with van der Waals surface area (Å²) in [4.78, 5) is 16.9. The zero-order valence-electron chi connectivity index (χ0n) is 13.9. The molecule has 2 aromatic heterocycles. The molecular weight excluding hydrogens is 322 g/mol. The van der Waals surface area contributed by atoms with Crippen molar-refractivity contribution in [1.82, 2.24) is 19.7 Å². The molecule has 6 nitrogen and oxygen atoms in total. The first-order valence-corrected chi connectivity index (χ1v) is 8.86. The molecule has 4 rings (SSSR count). The Balaban J connectivity index is 1.57. The molecule has 1 fully saturated rings. The van der Waals surface area contributed by atoms with Gasteiger partial charge in [0, 0.05) is 17.0 Å². The molecule has 1 aromatic carbocycles. The maximum absolute atomic E-state index is 12.4. The third-order valence-corrected chi connectivity index (χ3v) is 5.12. The molecule has 1 saturated carbocycles. The van der Waals surface area contributed by atoms with Crippen molar-refractivity contribution in [3.63, 3.8) is 0 Å². The van der Waals surface area contributed by atoms with Gasteiger partial charge in [0.15, 0.2) is 0 Å². The number of carbonyl (C=O) groups is 1. The van der Waals surface area contributed by atoms with Gasteiger partial charge >= 0.3 is 0 Å². The van der Waals surface area contributed by atoms with E-state index in [9.17, 15) is 4.79 Å². The minimum atomic E-state index is -0.180. The maximum Gasteiger partial charge on any atom is 0.257 e. The molecule has 1 amide bonds. The summed E-state index contributed by atoms with van der Waals surface area (Å²) in [5.41, 5.74) is 2.36. The zero-order valence-corrected chi connectivity index (χ0v) is 14.7. The van der Waals surface area contributed by atoms with E-state index in [0.717, 1.165) is 16.0 Å². The van der Waals surface area contributed by atoms with Gasteiger partial charge in [-0.25, -0.2) is 4.98 Å². The predicted molar refractivity (Wildman–Crippen MR) is 94.6 cm³/mol. The summed E-state index contributed by atoms with van der Waals surface area (Å²) in [7, 11) is 0. The smallest absolute Gasteiger partial charge is 0.257 e. The Kier molecular flexibility index (Phi) is 3.42. The van der Waals surface area contributed by atoms with E-state index in [2.05, 4.69) is 45.8 Å². The number of fused-ring (bicyclic) bond motifs is 1. The second-order valence-electron chi connectivity index (χ2n) is 7.16. The zero-order chi connectivity index (χ0) is 16.9. The molecule has 3 aromatic rings. The average Bonchev–Trinajstić information content (AvgIpc) is 3.11. The van der Waals surface area contributed by atoms with Crippen LogP contribution in [0.1, 0.15) is 54.9 Å². The highest BCUT2D eigenvalue weighted by Crippen LogP contribution is 2.42. The fourth-order valence-electron chi connectivity index (χ4n) is 2.64. The van der Waals surface area contributed by atoms with E-state index in [-0.39, 0.29) is 11.4 Å². The van der Waals surface area contributed by atoms with Gasteiger partial charge in [-0.15, -0.1) is 10.2 Å². The Labute approximate surface area is 143 Å². The number of hydrogen-bond acceptors (Lipinski definition) is 5. The van der Waals surface area contributed by atoms with E-state index in [1.807, 2.05) is 24.5 Å². The van der Waals surface area contributed by atoms with Gasteiger partial charge in [-0.3, -0.25) is 10.1 Å². The van der Waals surface area contributed by atoms with Gasteiger partial charge in [0.1, 0.15) is 5.01 Å². The van der Waals surface area contributed by atoms with E-state index in [1.54, 1.807) is 0 Å². The minimum Gasteiger partial charge on any atom is -0.325 e. The number of benzene rings is 1. The van der Waals surface area contributed by atoms with Crippen LogP contribution in [0, 0.1) is 0 Å². The minimum absolute atomic E-state index is 0.0513. The third-order valence-electron chi connectivity index (χ3n) is 4.12. The molecule has 0 atom stereocenters. The summed E-state index contributed by atoms with van der Waals surface area (Å²) in [6, 6.07) is 5.58. The Hall–Kier alpha value is -2.28. The molecule has 0 spiro atoms. The van der Waals surface area contributed by atoms with Gasteiger partial charge in [0.2, 0.25) is 5.13 Å². The lowest BCUT2D eigenvalue weighted by Crippen LogP contribution is -2.20. The largest absolute Gasteiger partial charge is 0.325 e. The van der Waals surface area contributed by atoms with Crippen molar-refractivity contribution in [3.8, 4) is 0 Å². The molecule has 24 heavy (non-hydrogen) atoms. The first kappa shape index (κ1) is 15.3. The summed E-state index contributed by atoms with van der Waals surface area (Å²) in [5.74, 6) is 0.367. The van der Waals surface area contributed by atoms with Gasteiger partial charge in [0.05, 0.1) is 17.4 Å². The highest BCUT2D eigenvalue weighted by atomic mass is 32.1. The van der Waals surface area contributed by atoms with E-state index < -0.39 is 0 Å². The Morgan fingerprint density at radius 3 is 2.79 bits per heavy atom. The number of anilines is 1. The number of nitrogens with one attached hydrogen (secondary N) is 1. The Morgan fingerprint density at radius 1 is 1.29 bits per heavy atom. The van der Waals surface area contributed by atoms with E-state index in [4.69, 9.17) is 0 Å². The quantitative estimate of drug-likeness (QED) is 0.787. The first-order valence-electron chi connectivity index (χ1n) is 8.04. The van der Waals surface area contributed by atoms with Crippen molar-refractivity contribution in [2.45, 2.75) is 45.1 Å². The van der Waals surface area contributed by atoms with E-state index >= 15 is 0 Å². The first-order chi connectivity index (χ1) is 11.4. The van der Waals surface area contributed by atoms with Gasteiger partial charge in [0.25, 0.3) is 5.91 Å². The summed E-state index contributed by atoms with van der Waals surface area (Å²) in [6.45, 7) is 6.38. The lowest BCUT2D eigenvalue weighted by Gasteiger charge is -2.21. The van der Waals surface area contributed by atoms with Gasteiger partial charge in [-0.05, 0) is 51.8 Å². The highest BCUT2D eigenvalue weighted by Gasteiger charge is 2.27. The van der Waals surface area contributed by atoms with Crippen LogP contribution in [-0.4, -0.2) is 25.7 Å². The molecule has 0 radical (unpaired) electrons. The highest BCUT2D eigenvalue weighted by molar-refractivity contribution is 7.15. The molecule has 0 unspecified atom stereocenters. The predicted octanol–water partition coefficient (Wildman–Crippen LogP) is 3.77.